The van der Waals surface area contributed by atoms with Gasteiger partial charge < -0.3 is 20.4 Å². The zero-order valence-corrected chi connectivity index (χ0v) is 18.4. The summed E-state index contributed by atoms with van der Waals surface area (Å²) in [4.78, 5) is 20.7. The van der Waals surface area contributed by atoms with Crippen molar-refractivity contribution in [1.82, 2.24) is 20.4 Å². The van der Waals surface area contributed by atoms with Crippen LogP contribution in [-0.4, -0.2) is 74.5 Å². The lowest BCUT2D eigenvalue weighted by atomic mass is 9.99. The first-order chi connectivity index (χ1) is 13.0. The Balaban J connectivity index is 2.59. The number of likely N-dealkylation sites (N-methyl/N-ethyl adjacent to an activating group) is 1. The summed E-state index contributed by atoms with van der Waals surface area (Å²) in [6, 6.07) is 0.439. The third-order valence-electron chi connectivity index (χ3n) is 5.44. The second-order valence-electron chi connectivity index (χ2n) is 8.01. The molecule has 1 amide bonds. The van der Waals surface area contributed by atoms with Gasteiger partial charge >= 0.3 is 0 Å². The van der Waals surface area contributed by atoms with Crippen LogP contribution in [-0.2, 0) is 4.79 Å². The van der Waals surface area contributed by atoms with Gasteiger partial charge in [-0.3, -0.25) is 4.79 Å². The number of carbonyl (C=O) groups is 1. The fourth-order valence-electron chi connectivity index (χ4n) is 3.44. The molecule has 6 heteroatoms. The van der Waals surface area contributed by atoms with Crippen molar-refractivity contribution >= 4 is 11.9 Å². The Hall–Kier alpha value is -1.30. The van der Waals surface area contributed by atoms with E-state index in [-0.39, 0.29) is 12.5 Å². The van der Waals surface area contributed by atoms with Crippen LogP contribution in [0.5, 0.6) is 0 Å². The Morgan fingerprint density at radius 3 is 2.44 bits per heavy atom. The second kappa shape index (κ2) is 13.8. The number of nitrogens with one attached hydrogen (secondary N) is 2. The van der Waals surface area contributed by atoms with Gasteiger partial charge in [-0.1, -0.05) is 40.0 Å². The molecule has 1 rings (SSSR count). The van der Waals surface area contributed by atoms with Crippen molar-refractivity contribution in [2.75, 3.05) is 46.8 Å². The first-order valence-corrected chi connectivity index (χ1v) is 11.0. The Labute approximate surface area is 167 Å². The number of nitrogens with zero attached hydrogens (tertiary/aromatic N) is 3. The van der Waals surface area contributed by atoms with Gasteiger partial charge in [-0.2, -0.15) is 0 Å². The number of hydrogen-bond acceptors (Lipinski definition) is 3. The van der Waals surface area contributed by atoms with Crippen molar-refractivity contribution < 1.29 is 4.79 Å². The molecule has 1 unspecified atom stereocenters. The fraction of sp³-hybridized carbons (Fsp3) is 0.905. The van der Waals surface area contributed by atoms with Crippen LogP contribution >= 0.6 is 0 Å². The molecule has 1 aliphatic heterocycles. The lowest BCUT2D eigenvalue weighted by Crippen LogP contribution is -2.49. The summed E-state index contributed by atoms with van der Waals surface area (Å²) in [6.45, 7) is 11.3. The molecular weight excluding hydrogens is 338 g/mol. The summed E-state index contributed by atoms with van der Waals surface area (Å²) in [6.07, 6.45) is 8.42. The molecule has 1 fully saturated rings. The van der Waals surface area contributed by atoms with Crippen molar-refractivity contribution in [3.63, 3.8) is 0 Å². The Morgan fingerprint density at radius 1 is 1.19 bits per heavy atom. The average Bonchev–Trinajstić information content (AvgIpc) is 2.67. The second-order valence-corrected chi connectivity index (χ2v) is 8.01. The predicted molar refractivity (Wildman–Crippen MR) is 115 cm³/mol. The summed E-state index contributed by atoms with van der Waals surface area (Å²) < 4.78 is 0. The molecule has 6 nitrogen and oxygen atoms in total. The third kappa shape index (κ3) is 9.99. The highest BCUT2D eigenvalue weighted by Gasteiger charge is 2.20. The third-order valence-corrected chi connectivity index (χ3v) is 5.44. The number of guanidine groups is 1. The summed E-state index contributed by atoms with van der Waals surface area (Å²) in [5.74, 6) is 1.49. The zero-order valence-electron chi connectivity index (χ0n) is 18.4. The molecule has 0 radical (unpaired) electrons. The zero-order chi connectivity index (χ0) is 20.1. The molecule has 1 atom stereocenters. The van der Waals surface area contributed by atoms with Crippen molar-refractivity contribution in [3.05, 3.63) is 0 Å². The van der Waals surface area contributed by atoms with Gasteiger partial charge in [0.2, 0.25) is 5.91 Å². The van der Waals surface area contributed by atoms with Gasteiger partial charge in [0.25, 0.3) is 0 Å². The van der Waals surface area contributed by atoms with Crippen LogP contribution in [0.2, 0.25) is 0 Å². The number of rotatable bonds is 11. The molecule has 2 N–H and O–H groups in total. The lowest BCUT2D eigenvalue weighted by molar-refractivity contribution is -0.127. The van der Waals surface area contributed by atoms with Crippen LogP contribution in [0.1, 0.15) is 65.7 Å². The molecule has 1 aliphatic rings. The van der Waals surface area contributed by atoms with Crippen LogP contribution in [0, 0.1) is 5.92 Å². The number of hydrogen-bond donors (Lipinski definition) is 2. The van der Waals surface area contributed by atoms with Gasteiger partial charge in [-0.25, -0.2) is 4.99 Å². The van der Waals surface area contributed by atoms with Crippen molar-refractivity contribution in [2.45, 2.75) is 71.8 Å². The van der Waals surface area contributed by atoms with Crippen molar-refractivity contribution in [1.29, 1.82) is 0 Å². The summed E-state index contributed by atoms with van der Waals surface area (Å²) >= 11 is 0. The number of unbranched alkanes of at least 4 members (excludes halogenated alkanes) is 1. The van der Waals surface area contributed by atoms with Gasteiger partial charge in [0.1, 0.15) is 6.54 Å². The topological polar surface area (TPSA) is 60.0 Å². The largest absolute Gasteiger partial charge is 0.356 e. The van der Waals surface area contributed by atoms with E-state index < -0.39 is 0 Å². The van der Waals surface area contributed by atoms with Crippen LogP contribution < -0.4 is 10.6 Å². The van der Waals surface area contributed by atoms with Gasteiger partial charge in [0.15, 0.2) is 5.96 Å². The van der Waals surface area contributed by atoms with Crippen LogP contribution in [0.4, 0.5) is 0 Å². The van der Waals surface area contributed by atoms with Gasteiger partial charge in [-0.05, 0) is 38.1 Å². The number of piperidine rings is 1. The Kier molecular flexibility index (Phi) is 12.1. The molecule has 0 aromatic carbocycles. The smallest absolute Gasteiger partial charge is 0.243 e. The van der Waals surface area contributed by atoms with Gasteiger partial charge in [0, 0.05) is 39.8 Å². The fourth-order valence-corrected chi connectivity index (χ4v) is 3.44. The molecule has 0 saturated carbocycles. The summed E-state index contributed by atoms with van der Waals surface area (Å²) in [7, 11) is 3.55. The van der Waals surface area contributed by atoms with E-state index in [1.54, 1.807) is 19.0 Å². The van der Waals surface area contributed by atoms with Crippen molar-refractivity contribution in [3.8, 4) is 0 Å². The highest BCUT2D eigenvalue weighted by Crippen LogP contribution is 2.12. The minimum Gasteiger partial charge on any atom is -0.356 e. The quantitative estimate of drug-likeness (QED) is 0.427. The average molecular weight is 382 g/mol. The maximum atomic E-state index is 11.9. The Morgan fingerprint density at radius 2 is 1.89 bits per heavy atom. The van der Waals surface area contributed by atoms with Crippen LogP contribution in [0.25, 0.3) is 0 Å². The van der Waals surface area contributed by atoms with Gasteiger partial charge in [-0.15, -0.1) is 0 Å². The lowest BCUT2D eigenvalue weighted by Gasteiger charge is -2.33. The van der Waals surface area contributed by atoms with E-state index in [1.807, 2.05) is 0 Å². The molecule has 27 heavy (non-hydrogen) atoms. The molecule has 0 spiro atoms. The Bertz CT molecular complexity index is 430. The van der Waals surface area contributed by atoms with E-state index in [2.05, 4.69) is 41.3 Å². The van der Waals surface area contributed by atoms with E-state index in [4.69, 9.17) is 0 Å². The minimum atomic E-state index is 0.0342. The molecule has 158 valence electrons. The molecule has 0 aliphatic carbocycles. The highest BCUT2D eigenvalue weighted by molar-refractivity contribution is 5.84. The predicted octanol–water partition coefficient (Wildman–Crippen LogP) is 2.70. The van der Waals surface area contributed by atoms with E-state index in [1.165, 1.54) is 38.6 Å². The summed E-state index contributed by atoms with van der Waals surface area (Å²) in [5.41, 5.74) is 0. The normalized spacial score (nSPS) is 17.6. The number of likely N-dealkylation sites (tertiary alicyclic amines) is 1. The SMILES string of the molecule is CCCCC(CC)CNC(=NCC(=O)N(C)C)NC1CCN(CCC)CC1. The monoisotopic (exact) mass is 381 g/mol. The molecular formula is C21H43N5O. The maximum Gasteiger partial charge on any atom is 0.243 e. The van der Waals surface area contributed by atoms with E-state index in [9.17, 15) is 4.79 Å². The minimum absolute atomic E-state index is 0.0342. The van der Waals surface area contributed by atoms with Crippen molar-refractivity contribution in [2.24, 2.45) is 10.9 Å². The van der Waals surface area contributed by atoms with Crippen LogP contribution in [0.15, 0.2) is 4.99 Å². The maximum absolute atomic E-state index is 11.9. The first-order valence-electron chi connectivity index (χ1n) is 11.0. The molecule has 0 aromatic heterocycles. The van der Waals surface area contributed by atoms with E-state index in [0.717, 1.165) is 38.4 Å². The van der Waals surface area contributed by atoms with Gasteiger partial charge in [0.05, 0.1) is 0 Å². The number of aliphatic imine (C=N–C) groups is 1. The highest BCUT2D eigenvalue weighted by atomic mass is 16.2. The molecule has 1 heterocycles. The van der Waals surface area contributed by atoms with E-state index >= 15 is 0 Å². The van der Waals surface area contributed by atoms with E-state index in [0.29, 0.717) is 12.0 Å². The standard InChI is InChI=1S/C21H43N5O/c1-6-9-10-18(8-3)16-22-21(23-17-20(27)25(4)5)24-19-11-14-26(13-7-2)15-12-19/h18-19H,6-17H2,1-5H3,(H2,22,23,24). The molecule has 1 saturated heterocycles. The summed E-state index contributed by atoms with van der Waals surface area (Å²) in [5, 5.41) is 7.10. The molecule has 0 aromatic rings. The molecule has 0 bridgehead atoms. The van der Waals surface area contributed by atoms with Crippen LogP contribution in [0.3, 0.4) is 0 Å². The first kappa shape index (κ1) is 23.7. The number of amides is 1. The number of carbonyl (C=O) groups excluding carboxylic acids is 1.